The predicted molar refractivity (Wildman–Crippen MR) is 144 cm³/mol. The van der Waals surface area contributed by atoms with Crippen molar-refractivity contribution in [3.63, 3.8) is 0 Å². The van der Waals surface area contributed by atoms with E-state index < -0.39 is 0 Å². The number of aliphatic hydroxyl groups excluding tert-OH is 1. The molecule has 2 aromatic carbocycles. The standard InChI is InChI=1S/C30H29N5O/c1-20-11-12-22(19-31-20)33-26-17-28-30(18-27(26)32-21-13-15-24(36)16-14-21)35(23-7-3-2-4-8-23)29-10-6-5-9-25(29)34-28/h2-12,17-19,21,24,33,36H,13-16H2,1H3. The molecule has 2 heterocycles. The van der Waals surface area contributed by atoms with E-state index in [2.05, 4.69) is 63.4 Å². The number of aliphatic hydroxyl groups is 1. The summed E-state index contributed by atoms with van der Waals surface area (Å²) in [5.41, 5.74) is 7.74. The molecule has 0 unspecified atom stereocenters. The second-order valence-electron chi connectivity index (χ2n) is 9.53. The highest BCUT2D eigenvalue weighted by molar-refractivity contribution is 5.84. The Labute approximate surface area is 210 Å². The summed E-state index contributed by atoms with van der Waals surface area (Å²) in [6.07, 6.45) is 5.00. The van der Waals surface area contributed by atoms with Gasteiger partial charge in [-0.1, -0.05) is 30.3 Å². The largest absolute Gasteiger partial charge is 0.393 e. The van der Waals surface area contributed by atoms with Crippen molar-refractivity contribution in [2.75, 3.05) is 5.32 Å². The van der Waals surface area contributed by atoms with Crippen molar-refractivity contribution in [2.45, 2.75) is 44.8 Å². The lowest BCUT2D eigenvalue weighted by Crippen LogP contribution is -2.24. The van der Waals surface area contributed by atoms with Crippen LogP contribution in [0.3, 0.4) is 0 Å². The van der Waals surface area contributed by atoms with Crippen LogP contribution >= 0.6 is 0 Å². The molecule has 6 nitrogen and oxygen atoms in total. The normalized spacial score (nSPS) is 18.6. The summed E-state index contributed by atoms with van der Waals surface area (Å²) in [5.74, 6) is 0. The third-order valence-corrected chi connectivity index (χ3v) is 6.89. The SMILES string of the molecule is Cc1ccc(Nc2cc3nc4ccccc4n(-c4ccccc4)c-3cc2=NC2CCC(O)CC2)cn1. The van der Waals surface area contributed by atoms with Crippen LogP contribution in [-0.4, -0.2) is 31.8 Å². The molecule has 3 aromatic rings. The summed E-state index contributed by atoms with van der Waals surface area (Å²) in [6.45, 7) is 1.98. The Balaban J connectivity index is 1.59. The molecule has 0 atom stereocenters. The van der Waals surface area contributed by atoms with Gasteiger partial charge in [-0.25, -0.2) is 4.98 Å². The van der Waals surface area contributed by atoms with Crippen molar-refractivity contribution in [3.8, 4) is 17.1 Å². The Morgan fingerprint density at radius 1 is 0.917 bits per heavy atom. The van der Waals surface area contributed by atoms with Crippen LogP contribution in [0.2, 0.25) is 0 Å². The second-order valence-corrected chi connectivity index (χ2v) is 9.53. The third kappa shape index (κ3) is 4.48. The number of hydrogen-bond donors (Lipinski definition) is 2. The second kappa shape index (κ2) is 9.55. The lowest BCUT2D eigenvalue weighted by molar-refractivity contribution is 0.123. The fourth-order valence-corrected chi connectivity index (χ4v) is 4.99. The lowest BCUT2D eigenvalue weighted by atomic mass is 9.93. The molecule has 1 saturated carbocycles. The Hall–Kier alpha value is -4.03. The van der Waals surface area contributed by atoms with E-state index in [0.29, 0.717) is 0 Å². The van der Waals surface area contributed by atoms with Crippen LogP contribution in [0.4, 0.5) is 11.4 Å². The van der Waals surface area contributed by atoms with Gasteiger partial charge in [0.05, 0.1) is 57.5 Å². The lowest BCUT2D eigenvalue weighted by Gasteiger charge is -2.23. The first kappa shape index (κ1) is 22.4. The van der Waals surface area contributed by atoms with Gasteiger partial charge < -0.3 is 15.0 Å². The van der Waals surface area contributed by atoms with E-state index in [1.807, 2.05) is 43.5 Å². The molecule has 36 heavy (non-hydrogen) atoms. The number of aromatic nitrogens is 3. The van der Waals surface area contributed by atoms with Gasteiger partial charge in [0.2, 0.25) is 0 Å². The fraction of sp³-hybridized carbons (Fsp3) is 0.233. The monoisotopic (exact) mass is 475 g/mol. The molecule has 0 spiro atoms. The maximum absolute atomic E-state index is 10.00. The fourth-order valence-electron chi connectivity index (χ4n) is 4.99. The maximum Gasteiger partial charge on any atom is 0.0900 e. The number of hydrogen-bond acceptors (Lipinski definition) is 5. The Morgan fingerprint density at radius 3 is 2.47 bits per heavy atom. The van der Waals surface area contributed by atoms with Crippen molar-refractivity contribution >= 4 is 22.4 Å². The van der Waals surface area contributed by atoms with Gasteiger partial charge in [0, 0.05) is 11.4 Å². The number of aryl methyl sites for hydroxylation is 1. The number of rotatable bonds is 4. The molecule has 0 bridgehead atoms. The first-order valence-electron chi connectivity index (χ1n) is 12.6. The summed E-state index contributed by atoms with van der Waals surface area (Å²) in [5, 5.41) is 14.4. The van der Waals surface area contributed by atoms with E-state index in [-0.39, 0.29) is 12.1 Å². The number of nitrogens with one attached hydrogen (secondary N) is 1. The number of nitrogens with zero attached hydrogens (tertiary/aromatic N) is 4. The van der Waals surface area contributed by atoms with Crippen LogP contribution in [-0.2, 0) is 0 Å². The summed E-state index contributed by atoms with van der Waals surface area (Å²) in [6, 6.07) is 27.1. The Morgan fingerprint density at radius 2 is 1.69 bits per heavy atom. The van der Waals surface area contributed by atoms with Gasteiger partial charge in [-0.3, -0.25) is 9.98 Å². The molecule has 1 aliphatic heterocycles. The third-order valence-electron chi connectivity index (χ3n) is 6.89. The van der Waals surface area contributed by atoms with E-state index in [9.17, 15) is 5.11 Å². The van der Waals surface area contributed by atoms with Gasteiger partial charge in [-0.2, -0.15) is 0 Å². The molecular weight excluding hydrogens is 446 g/mol. The minimum atomic E-state index is -0.208. The highest BCUT2D eigenvalue weighted by Crippen LogP contribution is 2.30. The van der Waals surface area contributed by atoms with Crippen LogP contribution in [0.15, 0.2) is 90.1 Å². The summed E-state index contributed by atoms with van der Waals surface area (Å²) in [7, 11) is 0. The molecular formula is C30H29N5O. The maximum atomic E-state index is 10.00. The van der Waals surface area contributed by atoms with E-state index in [0.717, 1.165) is 76.2 Å². The Kier molecular flexibility index (Phi) is 5.95. The summed E-state index contributed by atoms with van der Waals surface area (Å²) >= 11 is 0. The predicted octanol–water partition coefficient (Wildman–Crippen LogP) is 5.78. The van der Waals surface area contributed by atoms with Crippen LogP contribution in [0.5, 0.6) is 0 Å². The number of anilines is 2. The molecule has 2 N–H and O–H groups in total. The summed E-state index contributed by atoms with van der Waals surface area (Å²) in [4.78, 5) is 14.7. The van der Waals surface area contributed by atoms with Gasteiger partial charge in [0.15, 0.2) is 0 Å². The molecule has 2 aliphatic carbocycles. The molecule has 0 radical (unpaired) electrons. The average molecular weight is 476 g/mol. The summed E-state index contributed by atoms with van der Waals surface area (Å²) < 4.78 is 2.26. The van der Waals surface area contributed by atoms with Gasteiger partial charge in [-0.15, -0.1) is 0 Å². The zero-order chi connectivity index (χ0) is 24.5. The van der Waals surface area contributed by atoms with E-state index in [1.165, 1.54) is 0 Å². The number of fused-ring (bicyclic) bond motifs is 2. The Bertz CT molecular complexity index is 1530. The number of benzene rings is 3. The first-order valence-corrected chi connectivity index (χ1v) is 12.6. The van der Waals surface area contributed by atoms with Crippen molar-refractivity contribution in [1.82, 2.24) is 14.5 Å². The number of pyridine rings is 1. The van der Waals surface area contributed by atoms with E-state index >= 15 is 0 Å². The zero-order valence-electron chi connectivity index (χ0n) is 20.3. The topological polar surface area (TPSA) is 75.3 Å². The first-order chi connectivity index (χ1) is 17.6. The molecule has 3 aliphatic rings. The van der Waals surface area contributed by atoms with Gasteiger partial charge in [-0.05, 0) is 81.1 Å². The highest BCUT2D eigenvalue weighted by atomic mass is 16.3. The van der Waals surface area contributed by atoms with E-state index in [1.54, 1.807) is 0 Å². The van der Waals surface area contributed by atoms with Crippen LogP contribution in [0.1, 0.15) is 31.4 Å². The molecule has 0 amide bonds. The minimum absolute atomic E-state index is 0.182. The van der Waals surface area contributed by atoms with Crippen LogP contribution < -0.4 is 10.7 Å². The molecule has 0 saturated heterocycles. The van der Waals surface area contributed by atoms with E-state index in [4.69, 9.17) is 9.98 Å². The number of para-hydroxylation sites is 3. The van der Waals surface area contributed by atoms with Crippen molar-refractivity contribution < 1.29 is 5.11 Å². The quantitative estimate of drug-likeness (QED) is 0.323. The van der Waals surface area contributed by atoms with Crippen molar-refractivity contribution in [3.05, 3.63) is 96.1 Å². The van der Waals surface area contributed by atoms with Crippen molar-refractivity contribution in [1.29, 1.82) is 0 Å². The molecule has 6 rings (SSSR count). The average Bonchev–Trinajstić information content (AvgIpc) is 2.91. The highest BCUT2D eigenvalue weighted by Gasteiger charge is 2.20. The van der Waals surface area contributed by atoms with Crippen LogP contribution in [0, 0.1) is 6.92 Å². The smallest absolute Gasteiger partial charge is 0.0900 e. The van der Waals surface area contributed by atoms with Gasteiger partial charge >= 0.3 is 0 Å². The van der Waals surface area contributed by atoms with Crippen LogP contribution in [0.25, 0.3) is 28.1 Å². The van der Waals surface area contributed by atoms with Crippen molar-refractivity contribution in [2.24, 2.45) is 4.99 Å². The molecule has 1 aromatic heterocycles. The van der Waals surface area contributed by atoms with Gasteiger partial charge in [0.1, 0.15) is 0 Å². The molecule has 180 valence electrons. The molecule has 6 heteroatoms. The minimum Gasteiger partial charge on any atom is -0.393 e. The van der Waals surface area contributed by atoms with Gasteiger partial charge in [0.25, 0.3) is 0 Å². The zero-order valence-corrected chi connectivity index (χ0v) is 20.3. The molecule has 1 fully saturated rings.